The van der Waals surface area contributed by atoms with E-state index in [9.17, 15) is 9.59 Å². The molecule has 0 spiro atoms. The molecule has 6 nitrogen and oxygen atoms in total. The third-order valence-corrected chi connectivity index (χ3v) is 6.41. The number of carbonyl (C=O) groups excluding carboxylic acids is 2. The van der Waals surface area contributed by atoms with Crippen molar-refractivity contribution in [3.8, 4) is 16.3 Å². The summed E-state index contributed by atoms with van der Waals surface area (Å²) in [4.78, 5) is 30.7. The second kappa shape index (κ2) is 9.28. The van der Waals surface area contributed by atoms with Crippen LogP contribution < -0.4 is 15.4 Å². The van der Waals surface area contributed by atoms with Crippen molar-refractivity contribution >= 4 is 50.4 Å². The number of hydrogen-bond donors (Lipinski definition) is 2. The SMILES string of the molecule is CCOc1cc2ccccc2cc1C(=O)Nc1nc(-c2ccc(CNC(C)=O)s2)cs1. The second-order valence-electron chi connectivity index (χ2n) is 6.80. The summed E-state index contributed by atoms with van der Waals surface area (Å²) in [6.07, 6.45) is 0. The number of amides is 2. The Morgan fingerprint density at radius 1 is 1.10 bits per heavy atom. The van der Waals surface area contributed by atoms with Crippen LogP contribution in [0.5, 0.6) is 5.75 Å². The fourth-order valence-electron chi connectivity index (χ4n) is 3.10. The number of rotatable bonds is 7. The molecule has 0 aliphatic rings. The van der Waals surface area contributed by atoms with Crippen molar-refractivity contribution in [2.75, 3.05) is 11.9 Å². The first-order valence-electron chi connectivity index (χ1n) is 9.79. The van der Waals surface area contributed by atoms with Gasteiger partial charge in [-0.25, -0.2) is 4.98 Å². The standard InChI is InChI=1S/C23H21N3O3S2/c1-3-29-20-11-16-7-5-4-6-15(16)10-18(20)22(28)26-23-25-19(13-30-23)21-9-8-17(31-21)12-24-14(2)27/h4-11,13H,3,12H2,1-2H3,(H,24,27)(H,25,26,28). The van der Waals surface area contributed by atoms with Gasteiger partial charge in [0.1, 0.15) is 5.75 Å². The van der Waals surface area contributed by atoms with Crippen LogP contribution in [0.1, 0.15) is 29.1 Å². The number of nitrogens with one attached hydrogen (secondary N) is 2. The summed E-state index contributed by atoms with van der Waals surface area (Å²) in [5.41, 5.74) is 1.27. The van der Waals surface area contributed by atoms with Crippen molar-refractivity contribution in [3.63, 3.8) is 0 Å². The minimum atomic E-state index is -0.257. The zero-order chi connectivity index (χ0) is 21.8. The van der Waals surface area contributed by atoms with E-state index in [0.717, 1.165) is 26.2 Å². The van der Waals surface area contributed by atoms with Gasteiger partial charge in [-0.2, -0.15) is 0 Å². The molecule has 2 N–H and O–H groups in total. The van der Waals surface area contributed by atoms with Crippen molar-refractivity contribution in [2.24, 2.45) is 0 Å². The third kappa shape index (κ3) is 4.92. The topological polar surface area (TPSA) is 80.3 Å². The van der Waals surface area contributed by atoms with Crippen LogP contribution in [0.3, 0.4) is 0 Å². The van der Waals surface area contributed by atoms with Crippen molar-refractivity contribution in [1.82, 2.24) is 10.3 Å². The quantitative estimate of drug-likeness (QED) is 0.399. The largest absolute Gasteiger partial charge is 0.493 e. The monoisotopic (exact) mass is 451 g/mol. The van der Waals surface area contributed by atoms with E-state index in [1.54, 1.807) is 11.3 Å². The fraction of sp³-hybridized carbons (Fsp3) is 0.174. The summed E-state index contributed by atoms with van der Waals surface area (Å²) in [6, 6.07) is 15.5. The van der Waals surface area contributed by atoms with Crippen LogP contribution in [0.4, 0.5) is 5.13 Å². The lowest BCUT2D eigenvalue weighted by atomic mass is 10.1. The molecule has 0 saturated heterocycles. The zero-order valence-electron chi connectivity index (χ0n) is 17.1. The molecule has 0 fully saturated rings. The van der Waals surface area contributed by atoms with Gasteiger partial charge in [0.15, 0.2) is 5.13 Å². The summed E-state index contributed by atoms with van der Waals surface area (Å²) in [5.74, 6) is 0.234. The van der Waals surface area contributed by atoms with Gasteiger partial charge in [-0.3, -0.25) is 14.9 Å². The van der Waals surface area contributed by atoms with Gasteiger partial charge in [0.25, 0.3) is 5.91 Å². The maximum Gasteiger partial charge on any atom is 0.261 e. The maximum atomic E-state index is 13.0. The molecule has 0 radical (unpaired) electrons. The number of nitrogens with zero attached hydrogens (tertiary/aromatic N) is 1. The molecule has 4 rings (SSSR count). The predicted molar refractivity (Wildman–Crippen MR) is 126 cm³/mol. The number of ether oxygens (including phenoxy) is 1. The highest BCUT2D eigenvalue weighted by Gasteiger charge is 2.16. The molecular weight excluding hydrogens is 430 g/mol. The van der Waals surface area contributed by atoms with Crippen molar-refractivity contribution in [2.45, 2.75) is 20.4 Å². The molecule has 2 amide bonds. The molecule has 0 aliphatic carbocycles. The van der Waals surface area contributed by atoms with Crippen molar-refractivity contribution in [1.29, 1.82) is 0 Å². The molecule has 158 valence electrons. The van der Waals surface area contributed by atoms with Gasteiger partial charge in [-0.1, -0.05) is 24.3 Å². The lowest BCUT2D eigenvalue weighted by Crippen LogP contribution is -2.17. The smallest absolute Gasteiger partial charge is 0.261 e. The van der Waals surface area contributed by atoms with Crippen LogP contribution in [-0.4, -0.2) is 23.4 Å². The molecule has 0 atom stereocenters. The number of thiophene rings is 1. The minimum absolute atomic E-state index is 0.0614. The number of thiazole rings is 1. The van der Waals surface area contributed by atoms with Crippen LogP contribution >= 0.6 is 22.7 Å². The molecule has 0 unspecified atom stereocenters. The summed E-state index contributed by atoms with van der Waals surface area (Å²) in [7, 11) is 0. The van der Waals surface area contributed by atoms with E-state index in [1.165, 1.54) is 18.3 Å². The molecule has 31 heavy (non-hydrogen) atoms. The van der Waals surface area contributed by atoms with E-state index in [2.05, 4.69) is 15.6 Å². The molecular formula is C23H21N3O3S2. The van der Waals surface area contributed by atoms with Gasteiger partial charge >= 0.3 is 0 Å². The first-order valence-corrected chi connectivity index (χ1v) is 11.5. The number of benzene rings is 2. The van der Waals surface area contributed by atoms with Gasteiger partial charge in [0.05, 0.1) is 29.3 Å². The highest BCUT2D eigenvalue weighted by atomic mass is 32.1. The molecule has 0 saturated carbocycles. The van der Waals surface area contributed by atoms with E-state index < -0.39 is 0 Å². The highest BCUT2D eigenvalue weighted by molar-refractivity contribution is 7.17. The first kappa shape index (κ1) is 21.0. The van der Waals surface area contributed by atoms with E-state index in [1.807, 2.05) is 60.8 Å². The van der Waals surface area contributed by atoms with Crippen LogP contribution in [0.25, 0.3) is 21.3 Å². The van der Waals surface area contributed by atoms with Crippen molar-refractivity contribution in [3.05, 3.63) is 64.4 Å². The Labute approximate surface area is 187 Å². The molecule has 2 aromatic carbocycles. The maximum absolute atomic E-state index is 13.0. The Balaban J connectivity index is 1.53. The summed E-state index contributed by atoms with van der Waals surface area (Å²) >= 11 is 2.93. The highest BCUT2D eigenvalue weighted by Crippen LogP contribution is 2.32. The number of anilines is 1. The van der Waals surface area contributed by atoms with Gasteiger partial charge in [-0.15, -0.1) is 22.7 Å². The fourth-order valence-corrected chi connectivity index (χ4v) is 4.79. The third-order valence-electron chi connectivity index (χ3n) is 4.54. The van der Waals surface area contributed by atoms with E-state index >= 15 is 0 Å². The molecule has 0 aliphatic heterocycles. The summed E-state index contributed by atoms with van der Waals surface area (Å²) in [5, 5.41) is 10.1. The van der Waals surface area contributed by atoms with E-state index in [-0.39, 0.29) is 11.8 Å². The normalized spacial score (nSPS) is 10.8. The molecule has 0 bridgehead atoms. The Bertz CT molecular complexity index is 1250. The average Bonchev–Trinajstić information content (AvgIpc) is 3.41. The van der Waals surface area contributed by atoms with Crippen LogP contribution in [-0.2, 0) is 11.3 Å². The van der Waals surface area contributed by atoms with Crippen LogP contribution in [0, 0.1) is 0 Å². The molecule has 8 heteroatoms. The zero-order valence-corrected chi connectivity index (χ0v) is 18.7. The Kier molecular flexibility index (Phi) is 6.29. The van der Waals surface area contributed by atoms with Gasteiger partial charge in [0, 0.05) is 17.2 Å². The average molecular weight is 452 g/mol. The molecule has 2 aromatic heterocycles. The number of carbonyl (C=O) groups is 2. The van der Waals surface area contributed by atoms with Crippen molar-refractivity contribution < 1.29 is 14.3 Å². The molecule has 2 heterocycles. The number of fused-ring (bicyclic) bond motifs is 1. The summed E-state index contributed by atoms with van der Waals surface area (Å²) < 4.78 is 5.71. The number of aromatic nitrogens is 1. The van der Waals surface area contributed by atoms with Gasteiger partial charge in [0.2, 0.25) is 5.91 Å². The Hall–Kier alpha value is -3.23. The lowest BCUT2D eigenvalue weighted by Gasteiger charge is -2.11. The van der Waals surface area contributed by atoms with E-state index in [0.29, 0.717) is 29.6 Å². The van der Waals surface area contributed by atoms with Crippen LogP contribution in [0.2, 0.25) is 0 Å². The van der Waals surface area contributed by atoms with E-state index in [4.69, 9.17) is 4.74 Å². The van der Waals surface area contributed by atoms with Gasteiger partial charge < -0.3 is 10.1 Å². The Morgan fingerprint density at radius 2 is 1.87 bits per heavy atom. The second-order valence-corrected chi connectivity index (χ2v) is 8.82. The molecule has 4 aromatic rings. The lowest BCUT2D eigenvalue weighted by molar-refractivity contribution is -0.119. The predicted octanol–water partition coefficient (Wildman–Crippen LogP) is 5.31. The Morgan fingerprint density at radius 3 is 2.61 bits per heavy atom. The van der Waals surface area contributed by atoms with Gasteiger partial charge in [-0.05, 0) is 42.0 Å². The first-order chi connectivity index (χ1) is 15.0. The minimum Gasteiger partial charge on any atom is -0.493 e. The number of hydrogen-bond acceptors (Lipinski definition) is 6. The summed E-state index contributed by atoms with van der Waals surface area (Å²) in [6.45, 7) is 4.36. The van der Waals surface area contributed by atoms with Crippen LogP contribution in [0.15, 0.2) is 53.9 Å².